The lowest BCUT2D eigenvalue weighted by Gasteiger charge is -2.04. The second-order valence-corrected chi connectivity index (χ2v) is 3.49. The smallest absolute Gasteiger partial charge is 0.142 e. The molecule has 15 heavy (non-hydrogen) atoms. The minimum Gasteiger partial charge on any atom is -0.507 e. The summed E-state index contributed by atoms with van der Waals surface area (Å²) in [6.45, 7) is 0. The standard InChI is InChI=1S/C11H7ClFNO/c12-8-1-2-11(15)10(4-8)7-3-9(13)6-14-5-7/h1-6,15H. The molecule has 1 heterocycles. The molecule has 2 aromatic rings. The van der Waals surface area contributed by atoms with Crippen molar-refractivity contribution >= 4 is 11.6 Å². The minimum atomic E-state index is -0.452. The van der Waals surface area contributed by atoms with E-state index in [1.165, 1.54) is 18.3 Å². The van der Waals surface area contributed by atoms with Gasteiger partial charge in [0.1, 0.15) is 11.6 Å². The normalized spacial score (nSPS) is 10.3. The fraction of sp³-hybridized carbons (Fsp3) is 0. The molecule has 2 rings (SSSR count). The van der Waals surface area contributed by atoms with Crippen LogP contribution >= 0.6 is 11.6 Å². The van der Waals surface area contributed by atoms with E-state index in [4.69, 9.17) is 11.6 Å². The molecule has 0 atom stereocenters. The number of aromatic hydroxyl groups is 1. The first-order valence-electron chi connectivity index (χ1n) is 4.26. The Bertz CT molecular complexity index is 502. The van der Waals surface area contributed by atoms with Gasteiger partial charge < -0.3 is 5.11 Å². The van der Waals surface area contributed by atoms with Crippen molar-refractivity contribution in [2.45, 2.75) is 0 Å². The highest BCUT2D eigenvalue weighted by molar-refractivity contribution is 6.30. The van der Waals surface area contributed by atoms with Crippen LogP contribution in [0.1, 0.15) is 0 Å². The first-order chi connectivity index (χ1) is 7.16. The van der Waals surface area contributed by atoms with Crippen molar-refractivity contribution in [2.75, 3.05) is 0 Å². The summed E-state index contributed by atoms with van der Waals surface area (Å²) < 4.78 is 12.9. The Hall–Kier alpha value is -1.61. The summed E-state index contributed by atoms with van der Waals surface area (Å²) >= 11 is 5.78. The highest BCUT2D eigenvalue weighted by Gasteiger charge is 2.06. The van der Waals surface area contributed by atoms with Crippen molar-refractivity contribution in [3.63, 3.8) is 0 Å². The van der Waals surface area contributed by atoms with Gasteiger partial charge in [0.15, 0.2) is 0 Å². The number of hydrogen-bond acceptors (Lipinski definition) is 2. The lowest BCUT2D eigenvalue weighted by Crippen LogP contribution is -1.83. The largest absolute Gasteiger partial charge is 0.507 e. The van der Waals surface area contributed by atoms with Crippen LogP contribution in [0.15, 0.2) is 36.7 Å². The maximum Gasteiger partial charge on any atom is 0.142 e. The molecule has 0 radical (unpaired) electrons. The maximum atomic E-state index is 12.9. The molecule has 0 unspecified atom stereocenters. The van der Waals surface area contributed by atoms with Gasteiger partial charge in [0.05, 0.1) is 6.20 Å². The lowest BCUT2D eigenvalue weighted by molar-refractivity contribution is 0.477. The number of pyridine rings is 1. The van der Waals surface area contributed by atoms with Gasteiger partial charge in [-0.3, -0.25) is 4.98 Å². The van der Waals surface area contributed by atoms with E-state index in [1.807, 2.05) is 0 Å². The average molecular weight is 224 g/mol. The predicted molar refractivity (Wildman–Crippen MR) is 56.3 cm³/mol. The van der Waals surface area contributed by atoms with Crippen LogP contribution in [0.2, 0.25) is 5.02 Å². The van der Waals surface area contributed by atoms with Gasteiger partial charge in [-0.15, -0.1) is 0 Å². The molecule has 0 aliphatic heterocycles. The summed E-state index contributed by atoms with van der Waals surface area (Å²) in [6.07, 6.45) is 2.57. The van der Waals surface area contributed by atoms with Crippen molar-refractivity contribution in [1.29, 1.82) is 0 Å². The van der Waals surface area contributed by atoms with Gasteiger partial charge in [0.2, 0.25) is 0 Å². The predicted octanol–water partition coefficient (Wildman–Crippen LogP) is 3.25. The van der Waals surface area contributed by atoms with Crippen LogP contribution < -0.4 is 0 Å². The third-order valence-corrected chi connectivity index (χ3v) is 2.21. The third-order valence-electron chi connectivity index (χ3n) is 1.97. The second kappa shape index (κ2) is 3.87. The van der Waals surface area contributed by atoms with Crippen molar-refractivity contribution in [3.05, 3.63) is 47.5 Å². The zero-order valence-electron chi connectivity index (χ0n) is 7.61. The van der Waals surface area contributed by atoms with E-state index in [1.54, 1.807) is 12.1 Å². The first-order valence-corrected chi connectivity index (χ1v) is 4.64. The van der Waals surface area contributed by atoms with Crippen molar-refractivity contribution in [1.82, 2.24) is 4.98 Å². The number of aromatic nitrogens is 1. The van der Waals surface area contributed by atoms with Crippen LogP contribution in [0.3, 0.4) is 0 Å². The number of phenols is 1. The van der Waals surface area contributed by atoms with Crippen LogP contribution in [0.25, 0.3) is 11.1 Å². The lowest BCUT2D eigenvalue weighted by atomic mass is 10.1. The molecule has 1 aromatic carbocycles. The van der Waals surface area contributed by atoms with Crippen LogP contribution in [0.5, 0.6) is 5.75 Å². The molecule has 0 aliphatic rings. The Labute approximate surface area is 91.0 Å². The maximum absolute atomic E-state index is 12.9. The van der Waals surface area contributed by atoms with Crippen LogP contribution in [0, 0.1) is 5.82 Å². The van der Waals surface area contributed by atoms with Gasteiger partial charge in [-0.1, -0.05) is 11.6 Å². The molecular formula is C11H7ClFNO. The molecule has 0 saturated carbocycles. The molecule has 1 aromatic heterocycles. The van der Waals surface area contributed by atoms with Gasteiger partial charge >= 0.3 is 0 Å². The fourth-order valence-electron chi connectivity index (χ4n) is 1.30. The number of phenolic OH excluding ortho intramolecular Hbond substituents is 1. The van der Waals surface area contributed by atoms with E-state index in [-0.39, 0.29) is 5.75 Å². The van der Waals surface area contributed by atoms with Crippen LogP contribution in [-0.4, -0.2) is 10.1 Å². The van der Waals surface area contributed by atoms with E-state index in [0.717, 1.165) is 6.20 Å². The molecule has 0 amide bonds. The van der Waals surface area contributed by atoms with Gasteiger partial charge in [-0.25, -0.2) is 4.39 Å². The van der Waals surface area contributed by atoms with Crippen molar-refractivity contribution in [3.8, 4) is 16.9 Å². The Kier molecular flexibility index (Phi) is 2.56. The van der Waals surface area contributed by atoms with E-state index >= 15 is 0 Å². The molecular weight excluding hydrogens is 217 g/mol. The Morgan fingerprint density at radius 1 is 1.20 bits per heavy atom. The highest BCUT2D eigenvalue weighted by Crippen LogP contribution is 2.31. The Balaban J connectivity index is 2.58. The molecule has 0 fully saturated rings. The highest BCUT2D eigenvalue weighted by atomic mass is 35.5. The molecule has 4 heteroatoms. The summed E-state index contributed by atoms with van der Waals surface area (Å²) in [5, 5.41) is 10.0. The zero-order chi connectivity index (χ0) is 10.8. The van der Waals surface area contributed by atoms with Gasteiger partial charge in [-0.2, -0.15) is 0 Å². The fourth-order valence-corrected chi connectivity index (χ4v) is 1.47. The zero-order valence-corrected chi connectivity index (χ0v) is 8.37. The SMILES string of the molecule is Oc1ccc(Cl)cc1-c1cncc(F)c1. The summed E-state index contributed by atoms with van der Waals surface area (Å²) in [5.74, 6) is -0.404. The monoisotopic (exact) mass is 223 g/mol. The van der Waals surface area contributed by atoms with E-state index in [9.17, 15) is 9.50 Å². The third kappa shape index (κ3) is 2.07. The number of benzene rings is 1. The summed E-state index contributed by atoms with van der Waals surface area (Å²) in [4.78, 5) is 3.70. The molecule has 0 aliphatic carbocycles. The quantitative estimate of drug-likeness (QED) is 0.805. The van der Waals surface area contributed by atoms with E-state index in [0.29, 0.717) is 16.1 Å². The van der Waals surface area contributed by atoms with Gasteiger partial charge in [0.25, 0.3) is 0 Å². The molecule has 1 N–H and O–H groups in total. The van der Waals surface area contributed by atoms with Crippen LogP contribution in [0.4, 0.5) is 4.39 Å². The Morgan fingerprint density at radius 2 is 2.00 bits per heavy atom. The summed E-state index contributed by atoms with van der Waals surface area (Å²) in [5.41, 5.74) is 0.963. The number of rotatable bonds is 1. The van der Waals surface area contributed by atoms with Gasteiger partial charge in [0, 0.05) is 22.3 Å². The molecule has 0 bridgehead atoms. The molecule has 2 nitrogen and oxygen atoms in total. The first kappa shape index (κ1) is 9.93. The number of nitrogens with zero attached hydrogens (tertiary/aromatic N) is 1. The van der Waals surface area contributed by atoms with E-state index in [2.05, 4.69) is 4.98 Å². The van der Waals surface area contributed by atoms with Gasteiger partial charge in [-0.05, 0) is 24.3 Å². The molecule has 0 spiro atoms. The van der Waals surface area contributed by atoms with E-state index < -0.39 is 5.82 Å². The Morgan fingerprint density at radius 3 is 2.73 bits per heavy atom. The molecule has 0 saturated heterocycles. The van der Waals surface area contributed by atoms with Crippen LogP contribution in [-0.2, 0) is 0 Å². The summed E-state index contributed by atoms with van der Waals surface area (Å²) in [7, 11) is 0. The topological polar surface area (TPSA) is 33.1 Å². The number of halogens is 2. The second-order valence-electron chi connectivity index (χ2n) is 3.05. The summed E-state index contributed by atoms with van der Waals surface area (Å²) in [6, 6.07) is 5.88. The minimum absolute atomic E-state index is 0.0480. The number of hydrogen-bond donors (Lipinski definition) is 1. The van der Waals surface area contributed by atoms with Crippen molar-refractivity contribution < 1.29 is 9.50 Å². The average Bonchev–Trinajstić information content (AvgIpc) is 2.22. The van der Waals surface area contributed by atoms with Crippen molar-refractivity contribution in [2.24, 2.45) is 0 Å². The molecule has 76 valence electrons.